The lowest BCUT2D eigenvalue weighted by atomic mass is 9.88. The molecule has 2 unspecified atom stereocenters. The van der Waals surface area contributed by atoms with E-state index in [0.29, 0.717) is 12.0 Å². The van der Waals surface area contributed by atoms with Crippen LogP contribution in [0.4, 0.5) is 5.69 Å². The SMILES string of the molecule is CN=C(NCCCc1ccc(N(C)C)cc1)NCC1CCCN(C)C1c1cccs1. The number of thiophene rings is 1. The monoisotopic (exact) mass is 427 g/mol. The van der Waals surface area contributed by atoms with E-state index in [1.807, 2.05) is 18.4 Å². The van der Waals surface area contributed by atoms with E-state index in [-0.39, 0.29) is 0 Å². The molecule has 1 fully saturated rings. The Morgan fingerprint density at radius 1 is 1.20 bits per heavy atom. The molecule has 0 bridgehead atoms. The molecule has 2 aromatic rings. The number of piperidine rings is 1. The van der Waals surface area contributed by atoms with Gasteiger partial charge >= 0.3 is 0 Å². The van der Waals surface area contributed by atoms with Crippen LogP contribution in [-0.4, -0.2) is 58.7 Å². The first-order valence-electron chi connectivity index (χ1n) is 11.0. The van der Waals surface area contributed by atoms with Crippen molar-refractivity contribution in [2.24, 2.45) is 10.9 Å². The van der Waals surface area contributed by atoms with E-state index >= 15 is 0 Å². The topological polar surface area (TPSA) is 42.9 Å². The highest BCUT2D eigenvalue weighted by Crippen LogP contribution is 2.36. The Labute approximate surface area is 186 Å². The molecule has 0 spiro atoms. The fourth-order valence-electron chi connectivity index (χ4n) is 4.29. The molecule has 3 rings (SSSR count). The molecule has 2 heterocycles. The van der Waals surface area contributed by atoms with E-state index in [9.17, 15) is 0 Å². The van der Waals surface area contributed by atoms with Crippen LogP contribution in [0.5, 0.6) is 0 Å². The van der Waals surface area contributed by atoms with Crippen LogP contribution >= 0.6 is 11.3 Å². The van der Waals surface area contributed by atoms with Crippen molar-refractivity contribution in [2.75, 3.05) is 52.7 Å². The summed E-state index contributed by atoms with van der Waals surface area (Å²) in [6, 6.07) is 13.8. The molecular formula is C24H37N5S. The number of nitrogens with one attached hydrogen (secondary N) is 2. The predicted octanol–water partition coefficient (Wildman–Crippen LogP) is 3.99. The Morgan fingerprint density at radius 2 is 2.00 bits per heavy atom. The molecule has 0 amide bonds. The van der Waals surface area contributed by atoms with Crippen molar-refractivity contribution in [1.82, 2.24) is 15.5 Å². The number of nitrogens with zero attached hydrogens (tertiary/aromatic N) is 3. The zero-order valence-corrected chi connectivity index (χ0v) is 19.7. The van der Waals surface area contributed by atoms with Crippen LogP contribution in [0.15, 0.2) is 46.8 Å². The fourth-order valence-corrected chi connectivity index (χ4v) is 5.27. The van der Waals surface area contributed by atoms with Gasteiger partial charge in [-0.1, -0.05) is 18.2 Å². The summed E-state index contributed by atoms with van der Waals surface area (Å²) >= 11 is 1.88. The maximum atomic E-state index is 4.43. The second kappa shape index (κ2) is 11.4. The van der Waals surface area contributed by atoms with Gasteiger partial charge in [-0.2, -0.15) is 0 Å². The number of hydrogen-bond donors (Lipinski definition) is 2. The second-order valence-corrected chi connectivity index (χ2v) is 9.37. The van der Waals surface area contributed by atoms with Crippen molar-refractivity contribution < 1.29 is 0 Å². The number of rotatable bonds is 8. The van der Waals surface area contributed by atoms with Gasteiger partial charge in [0.15, 0.2) is 5.96 Å². The van der Waals surface area contributed by atoms with Gasteiger partial charge in [0, 0.05) is 50.8 Å². The summed E-state index contributed by atoms with van der Waals surface area (Å²) in [5, 5.41) is 9.26. The largest absolute Gasteiger partial charge is 0.378 e. The van der Waals surface area contributed by atoms with Crippen molar-refractivity contribution in [1.29, 1.82) is 0 Å². The van der Waals surface area contributed by atoms with E-state index in [4.69, 9.17) is 0 Å². The van der Waals surface area contributed by atoms with Gasteiger partial charge in [0.2, 0.25) is 0 Å². The maximum absolute atomic E-state index is 4.43. The van der Waals surface area contributed by atoms with Gasteiger partial charge in [-0.15, -0.1) is 11.3 Å². The summed E-state index contributed by atoms with van der Waals surface area (Å²) in [5.74, 6) is 1.52. The molecule has 1 aliphatic rings. The highest BCUT2D eigenvalue weighted by atomic mass is 32.1. The first-order chi connectivity index (χ1) is 14.6. The van der Waals surface area contributed by atoms with Gasteiger partial charge in [-0.25, -0.2) is 0 Å². The maximum Gasteiger partial charge on any atom is 0.190 e. The van der Waals surface area contributed by atoms with Gasteiger partial charge in [0.05, 0.1) is 0 Å². The summed E-state index contributed by atoms with van der Waals surface area (Å²) in [7, 11) is 8.27. The van der Waals surface area contributed by atoms with Crippen LogP contribution in [0.25, 0.3) is 0 Å². The Morgan fingerprint density at radius 3 is 2.67 bits per heavy atom. The Balaban J connectivity index is 1.43. The summed E-state index contributed by atoms with van der Waals surface area (Å²) in [6.07, 6.45) is 4.70. The quantitative estimate of drug-likeness (QED) is 0.380. The molecule has 164 valence electrons. The Bertz CT molecular complexity index is 769. The smallest absolute Gasteiger partial charge is 0.190 e. The number of aryl methyl sites for hydroxylation is 1. The van der Waals surface area contributed by atoms with Crippen LogP contribution in [-0.2, 0) is 6.42 Å². The number of hydrogen-bond acceptors (Lipinski definition) is 4. The third kappa shape index (κ3) is 6.22. The standard InChI is InChI=1S/C24H37N5S/c1-25-24(26-15-5-8-19-11-13-21(14-12-19)28(2)3)27-18-20-9-6-16-29(4)23(20)22-10-7-17-30-22/h7,10-14,17,20,23H,5-6,8-9,15-16,18H2,1-4H3,(H2,25,26,27). The van der Waals surface area contributed by atoms with Crippen molar-refractivity contribution in [2.45, 2.75) is 31.7 Å². The highest BCUT2D eigenvalue weighted by Gasteiger charge is 2.31. The minimum Gasteiger partial charge on any atom is -0.378 e. The number of likely N-dealkylation sites (tertiary alicyclic amines) is 1. The number of aliphatic imine (C=N–C) groups is 1. The van der Waals surface area contributed by atoms with Crippen LogP contribution in [0.1, 0.15) is 35.7 Å². The fraction of sp³-hybridized carbons (Fsp3) is 0.542. The minimum atomic E-state index is 0.509. The summed E-state index contributed by atoms with van der Waals surface area (Å²) in [6.45, 7) is 3.06. The molecule has 1 aliphatic heterocycles. The first-order valence-corrected chi connectivity index (χ1v) is 11.9. The van der Waals surface area contributed by atoms with Gasteiger partial charge < -0.3 is 15.5 Å². The third-order valence-corrected chi connectivity index (χ3v) is 6.93. The molecule has 30 heavy (non-hydrogen) atoms. The normalized spacial score (nSPS) is 20.2. The molecule has 1 aromatic carbocycles. The molecule has 1 saturated heterocycles. The van der Waals surface area contributed by atoms with Crippen molar-refractivity contribution in [3.8, 4) is 0 Å². The molecule has 1 aromatic heterocycles. The summed E-state index contributed by atoms with van der Waals surface area (Å²) in [4.78, 5) is 10.6. The van der Waals surface area contributed by atoms with Crippen molar-refractivity contribution in [3.05, 3.63) is 52.2 Å². The average molecular weight is 428 g/mol. The van der Waals surface area contributed by atoms with Crippen LogP contribution in [0, 0.1) is 5.92 Å². The van der Waals surface area contributed by atoms with Gasteiger partial charge in [-0.05, 0) is 74.3 Å². The summed E-state index contributed by atoms with van der Waals surface area (Å²) in [5.41, 5.74) is 2.63. The van der Waals surface area contributed by atoms with Gasteiger partial charge in [0.25, 0.3) is 0 Å². The second-order valence-electron chi connectivity index (χ2n) is 8.39. The van der Waals surface area contributed by atoms with Gasteiger partial charge in [0.1, 0.15) is 0 Å². The molecule has 0 aliphatic carbocycles. The zero-order valence-electron chi connectivity index (χ0n) is 18.9. The van der Waals surface area contributed by atoms with Crippen LogP contribution < -0.4 is 15.5 Å². The number of guanidine groups is 1. The zero-order chi connectivity index (χ0) is 21.3. The molecule has 5 nitrogen and oxygen atoms in total. The predicted molar refractivity (Wildman–Crippen MR) is 131 cm³/mol. The molecule has 2 N–H and O–H groups in total. The van der Waals surface area contributed by atoms with Crippen LogP contribution in [0.3, 0.4) is 0 Å². The van der Waals surface area contributed by atoms with E-state index < -0.39 is 0 Å². The number of anilines is 1. The van der Waals surface area contributed by atoms with E-state index in [2.05, 4.69) is 88.3 Å². The highest BCUT2D eigenvalue weighted by molar-refractivity contribution is 7.10. The molecular weight excluding hydrogens is 390 g/mol. The third-order valence-electron chi connectivity index (χ3n) is 5.98. The lowest BCUT2D eigenvalue weighted by Gasteiger charge is -2.39. The van der Waals surface area contributed by atoms with Crippen LogP contribution in [0.2, 0.25) is 0 Å². The lowest BCUT2D eigenvalue weighted by molar-refractivity contribution is 0.125. The Hall–Kier alpha value is -2.05. The van der Waals surface area contributed by atoms with Crippen molar-refractivity contribution in [3.63, 3.8) is 0 Å². The Kier molecular flexibility index (Phi) is 8.58. The van der Waals surface area contributed by atoms with E-state index in [1.54, 1.807) is 0 Å². The number of benzene rings is 1. The lowest BCUT2D eigenvalue weighted by Crippen LogP contribution is -2.45. The summed E-state index contributed by atoms with van der Waals surface area (Å²) < 4.78 is 0. The van der Waals surface area contributed by atoms with E-state index in [1.165, 1.54) is 35.5 Å². The van der Waals surface area contributed by atoms with E-state index in [0.717, 1.165) is 31.9 Å². The molecule has 2 atom stereocenters. The first kappa shape index (κ1) is 22.6. The minimum absolute atomic E-state index is 0.509. The average Bonchev–Trinajstić information content (AvgIpc) is 3.28. The molecule has 6 heteroatoms. The van der Waals surface area contributed by atoms with Gasteiger partial charge in [-0.3, -0.25) is 9.89 Å². The molecule has 0 radical (unpaired) electrons. The van der Waals surface area contributed by atoms with Crippen molar-refractivity contribution >= 4 is 23.0 Å². The molecule has 0 saturated carbocycles.